The maximum Gasteiger partial charge on any atom is 0.257 e. The molecule has 1 amide bonds. The van der Waals surface area contributed by atoms with Crippen LogP contribution < -0.4 is 0 Å². The highest BCUT2D eigenvalue weighted by Crippen LogP contribution is 2.35. The first-order chi connectivity index (χ1) is 14.0. The van der Waals surface area contributed by atoms with Gasteiger partial charge in [-0.1, -0.05) is 35.9 Å². The summed E-state index contributed by atoms with van der Waals surface area (Å²) < 4.78 is 18.7. The number of carbonyl (C=O) groups excluding carboxylic acids is 1. The second-order valence-electron chi connectivity index (χ2n) is 7.76. The van der Waals surface area contributed by atoms with E-state index in [1.54, 1.807) is 17.1 Å². The van der Waals surface area contributed by atoms with E-state index >= 15 is 0 Å². The molecular formula is C23H26FN3O2. The summed E-state index contributed by atoms with van der Waals surface area (Å²) in [6, 6.07) is 12.5. The molecule has 0 N–H and O–H groups in total. The van der Waals surface area contributed by atoms with E-state index in [0.29, 0.717) is 26.2 Å². The van der Waals surface area contributed by atoms with Crippen LogP contribution in [0.25, 0.3) is 0 Å². The predicted molar refractivity (Wildman–Crippen MR) is 110 cm³/mol. The first kappa shape index (κ1) is 19.7. The number of aryl methyl sites for hydroxylation is 2. The molecule has 0 aromatic heterocycles. The van der Waals surface area contributed by atoms with E-state index in [0.717, 1.165) is 41.1 Å². The van der Waals surface area contributed by atoms with Gasteiger partial charge in [0.05, 0.1) is 31.5 Å². The minimum absolute atomic E-state index is 0.0186. The van der Waals surface area contributed by atoms with Gasteiger partial charge in [0.1, 0.15) is 5.82 Å². The Morgan fingerprint density at radius 3 is 2.59 bits per heavy atom. The average Bonchev–Trinajstić information content (AvgIpc) is 3.16. The van der Waals surface area contributed by atoms with Crippen molar-refractivity contribution in [3.8, 4) is 0 Å². The van der Waals surface area contributed by atoms with E-state index in [1.165, 1.54) is 12.1 Å². The normalized spacial score (nSPS) is 20.0. The molecule has 1 fully saturated rings. The van der Waals surface area contributed by atoms with Gasteiger partial charge in [-0.05, 0) is 42.7 Å². The number of hydrogen-bond donors (Lipinski definition) is 0. The topological polar surface area (TPSA) is 45.1 Å². The summed E-state index contributed by atoms with van der Waals surface area (Å²) in [4.78, 5) is 15.3. The minimum atomic E-state index is -0.279. The van der Waals surface area contributed by atoms with E-state index < -0.39 is 0 Å². The summed E-state index contributed by atoms with van der Waals surface area (Å²) in [5, 5.41) is 6.34. The third-order valence-electron chi connectivity index (χ3n) is 5.60. The van der Waals surface area contributed by atoms with Crippen LogP contribution in [-0.2, 0) is 9.53 Å². The molecule has 2 aromatic rings. The molecule has 2 aromatic carbocycles. The number of nitrogens with zero attached hydrogens (tertiary/aromatic N) is 3. The molecule has 2 aliphatic rings. The Bertz CT molecular complexity index is 920. The molecule has 6 heteroatoms. The second kappa shape index (κ2) is 8.43. The number of carbonyl (C=O) groups is 1. The molecule has 0 spiro atoms. The van der Waals surface area contributed by atoms with E-state index in [1.807, 2.05) is 0 Å². The van der Waals surface area contributed by atoms with Crippen molar-refractivity contribution in [2.24, 2.45) is 5.10 Å². The maximum absolute atomic E-state index is 13.4. The van der Waals surface area contributed by atoms with Gasteiger partial charge in [0.25, 0.3) is 5.91 Å². The maximum atomic E-state index is 13.4. The Hall–Kier alpha value is -2.57. The minimum Gasteiger partial charge on any atom is -0.379 e. The van der Waals surface area contributed by atoms with Gasteiger partial charge >= 0.3 is 0 Å². The predicted octanol–water partition coefficient (Wildman–Crippen LogP) is 3.45. The fraction of sp³-hybridized carbons (Fsp3) is 0.391. The smallest absolute Gasteiger partial charge is 0.257 e. The zero-order valence-corrected chi connectivity index (χ0v) is 16.9. The molecule has 2 heterocycles. The van der Waals surface area contributed by atoms with E-state index in [4.69, 9.17) is 9.84 Å². The fourth-order valence-corrected chi connectivity index (χ4v) is 3.94. The van der Waals surface area contributed by atoms with Gasteiger partial charge in [-0.25, -0.2) is 9.40 Å². The standard InChI is InChI=1S/C23H26FN3O2/c1-16-3-4-17(2)20(13-16)22-14-21(18-5-7-19(24)8-6-18)25-27(22)23(28)15-26-9-11-29-12-10-26/h3-8,13,22H,9-12,14-15H2,1-2H3. The molecule has 1 unspecified atom stereocenters. The van der Waals surface area contributed by atoms with Crippen molar-refractivity contribution in [1.29, 1.82) is 0 Å². The molecule has 1 atom stereocenters. The average molecular weight is 395 g/mol. The largest absolute Gasteiger partial charge is 0.379 e. The number of hydrogen-bond acceptors (Lipinski definition) is 4. The molecule has 1 saturated heterocycles. The molecule has 4 rings (SSSR count). The van der Waals surface area contributed by atoms with Gasteiger partial charge in [-0.2, -0.15) is 5.10 Å². The van der Waals surface area contributed by atoms with Crippen LogP contribution >= 0.6 is 0 Å². The summed E-state index contributed by atoms with van der Waals surface area (Å²) in [6.07, 6.45) is 0.616. The number of halogens is 1. The number of amides is 1. The Morgan fingerprint density at radius 1 is 1.14 bits per heavy atom. The lowest BCUT2D eigenvalue weighted by molar-refractivity contribution is -0.135. The summed E-state index contributed by atoms with van der Waals surface area (Å²) in [5.41, 5.74) is 5.07. The lowest BCUT2D eigenvalue weighted by Gasteiger charge is -2.29. The van der Waals surface area contributed by atoms with Crippen molar-refractivity contribution in [3.05, 3.63) is 70.5 Å². The lowest BCUT2D eigenvalue weighted by Crippen LogP contribution is -2.43. The van der Waals surface area contributed by atoms with Crippen LogP contribution in [0.5, 0.6) is 0 Å². The van der Waals surface area contributed by atoms with Gasteiger partial charge in [0.15, 0.2) is 0 Å². The van der Waals surface area contributed by atoms with Gasteiger partial charge < -0.3 is 4.74 Å². The Labute approximate surface area is 170 Å². The number of benzene rings is 2. The third-order valence-corrected chi connectivity index (χ3v) is 5.60. The van der Waals surface area contributed by atoms with Crippen LogP contribution in [0.2, 0.25) is 0 Å². The monoisotopic (exact) mass is 395 g/mol. The van der Waals surface area contributed by atoms with Crippen LogP contribution in [0.15, 0.2) is 47.6 Å². The summed E-state index contributed by atoms with van der Waals surface area (Å²) in [6.45, 7) is 7.25. The molecular weight excluding hydrogens is 369 g/mol. The Morgan fingerprint density at radius 2 is 1.86 bits per heavy atom. The quantitative estimate of drug-likeness (QED) is 0.797. The molecule has 0 radical (unpaired) electrons. The SMILES string of the molecule is Cc1ccc(C)c(C2CC(c3ccc(F)cc3)=NN2C(=O)CN2CCOCC2)c1. The number of ether oxygens (including phenoxy) is 1. The third kappa shape index (κ3) is 4.38. The molecule has 152 valence electrons. The molecule has 5 nitrogen and oxygen atoms in total. The first-order valence-electron chi connectivity index (χ1n) is 10.0. The van der Waals surface area contributed by atoms with Crippen molar-refractivity contribution in [2.45, 2.75) is 26.3 Å². The lowest BCUT2D eigenvalue weighted by atomic mass is 9.94. The van der Waals surface area contributed by atoms with Gasteiger partial charge in [0.2, 0.25) is 0 Å². The van der Waals surface area contributed by atoms with E-state index in [2.05, 4.69) is 36.9 Å². The van der Waals surface area contributed by atoms with Crippen LogP contribution in [0.4, 0.5) is 4.39 Å². The number of hydrazone groups is 1. The molecule has 0 saturated carbocycles. The summed E-state index contributed by atoms with van der Waals surface area (Å²) in [7, 11) is 0. The summed E-state index contributed by atoms with van der Waals surface area (Å²) >= 11 is 0. The van der Waals surface area contributed by atoms with Gasteiger partial charge in [-0.15, -0.1) is 0 Å². The second-order valence-corrected chi connectivity index (χ2v) is 7.76. The van der Waals surface area contributed by atoms with Crippen LogP contribution in [0.1, 0.15) is 34.7 Å². The van der Waals surface area contributed by atoms with Gasteiger partial charge in [-0.3, -0.25) is 9.69 Å². The number of rotatable bonds is 4. The molecule has 29 heavy (non-hydrogen) atoms. The van der Waals surface area contributed by atoms with Gasteiger partial charge in [0, 0.05) is 19.5 Å². The zero-order valence-electron chi connectivity index (χ0n) is 16.9. The van der Waals surface area contributed by atoms with E-state index in [9.17, 15) is 9.18 Å². The molecule has 0 bridgehead atoms. The van der Waals surface area contributed by atoms with Crippen molar-refractivity contribution in [1.82, 2.24) is 9.91 Å². The van der Waals surface area contributed by atoms with Crippen molar-refractivity contribution in [2.75, 3.05) is 32.8 Å². The van der Waals surface area contributed by atoms with Crippen LogP contribution in [0.3, 0.4) is 0 Å². The highest BCUT2D eigenvalue weighted by Gasteiger charge is 2.34. The van der Waals surface area contributed by atoms with Crippen LogP contribution in [-0.4, -0.2) is 54.4 Å². The van der Waals surface area contributed by atoms with Crippen molar-refractivity contribution < 1.29 is 13.9 Å². The summed E-state index contributed by atoms with van der Waals surface area (Å²) in [5.74, 6) is -0.298. The molecule has 2 aliphatic heterocycles. The highest BCUT2D eigenvalue weighted by molar-refractivity contribution is 6.03. The molecule has 0 aliphatic carbocycles. The Balaban J connectivity index is 1.64. The highest BCUT2D eigenvalue weighted by atomic mass is 19.1. The van der Waals surface area contributed by atoms with Crippen LogP contribution in [0, 0.1) is 19.7 Å². The van der Waals surface area contributed by atoms with E-state index in [-0.39, 0.29) is 17.8 Å². The Kier molecular flexibility index (Phi) is 5.74. The van der Waals surface area contributed by atoms with Crippen molar-refractivity contribution in [3.63, 3.8) is 0 Å². The fourth-order valence-electron chi connectivity index (χ4n) is 3.94. The zero-order chi connectivity index (χ0) is 20.4. The number of morpholine rings is 1. The first-order valence-corrected chi connectivity index (χ1v) is 10.0. The van der Waals surface area contributed by atoms with Crippen molar-refractivity contribution >= 4 is 11.6 Å².